The van der Waals surface area contributed by atoms with E-state index in [0.717, 1.165) is 0 Å². The van der Waals surface area contributed by atoms with Crippen LogP contribution < -0.4 is 16.4 Å². The summed E-state index contributed by atoms with van der Waals surface area (Å²) in [5, 5.41) is 2.53. The average molecular weight is 300 g/mol. The number of thiophene rings is 1. The predicted molar refractivity (Wildman–Crippen MR) is 73.0 cm³/mol. The van der Waals surface area contributed by atoms with Gasteiger partial charge in [0.2, 0.25) is 17.1 Å². The Morgan fingerprint density at radius 3 is 2.47 bits per heavy atom. The fourth-order valence-electron chi connectivity index (χ4n) is 1.64. The Bertz CT molecular complexity index is 628. The zero-order chi connectivity index (χ0) is 14.0. The van der Waals surface area contributed by atoms with Gasteiger partial charge in [-0.25, -0.2) is 4.98 Å². The van der Waals surface area contributed by atoms with Gasteiger partial charge in [0.25, 0.3) is 0 Å². The van der Waals surface area contributed by atoms with Crippen LogP contribution in [0.15, 0.2) is 11.4 Å². The Kier molecular flexibility index (Phi) is 3.82. The van der Waals surface area contributed by atoms with E-state index < -0.39 is 11.8 Å². The topological polar surface area (TPSA) is 115 Å². The summed E-state index contributed by atoms with van der Waals surface area (Å²) in [5.41, 5.74) is 10.3. The summed E-state index contributed by atoms with van der Waals surface area (Å²) in [4.78, 5) is 32.3. The molecule has 0 radical (unpaired) electrons. The van der Waals surface area contributed by atoms with Gasteiger partial charge >= 0.3 is 0 Å². The third-order valence-electron chi connectivity index (χ3n) is 2.27. The SMILES string of the molecule is NC(=O)CN(CC(N)=O)c1nc(Cl)nc2sccc12. The molecular formula is C10H10ClN5O2S. The van der Waals surface area contributed by atoms with Gasteiger partial charge < -0.3 is 16.4 Å². The van der Waals surface area contributed by atoms with Gasteiger partial charge in [0, 0.05) is 0 Å². The molecule has 0 aliphatic heterocycles. The van der Waals surface area contributed by atoms with Crippen LogP contribution in [0.1, 0.15) is 0 Å². The van der Waals surface area contributed by atoms with Crippen molar-refractivity contribution >= 4 is 50.8 Å². The van der Waals surface area contributed by atoms with Crippen LogP contribution >= 0.6 is 22.9 Å². The summed E-state index contributed by atoms with van der Waals surface area (Å²) in [6, 6.07) is 1.78. The molecule has 7 nitrogen and oxygen atoms in total. The van der Waals surface area contributed by atoms with Crippen molar-refractivity contribution in [1.82, 2.24) is 9.97 Å². The summed E-state index contributed by atoms with van der Waals surface area (Å²) in [6.45, 7) is -0.359. The van der Waals surface area contributed by atoms with Gasteiger partial charge in [0.15, 0.2) is 0 Å². The minimum atomic E-state index is -0.598. The molecule has 9 heteroatoms. The standard InChI is InChI=1S/C10H10ClN5O2S/c11-10-14-8(5-1-2-19-9(5)15-10)16(3-6(12)17)4-7(13)18/h1-2H,3-4H2,(H2,12,17)(H2,13,18). The molecule has 0 spiro atoms. The van der Waals surface area contributed by atoms with E-state index in [2.05, 4.69) is 9.97 Å². The number of fused-ring (bicyclic) bond motifs is 1. The number of anilines is 1. The first-order valence-electron chi connectivity index (χ1n) is 5.19. The molecule has 0 saturated heterocycles. The zero-order valence-electron chi connectivity index (χ0n) is 9.67. The van der Waals surface area contributed by atoms with Gasteiger partial charge in [-0.3, -0.25) is 9.59 Å². The molecule has 0 aromatic carbocycles. The van der Waals surface area contributed by atoms with Crippen molar-refractivity contribution in [2.24, 2.45) is 11.5 Å². The molecule has 2 aromatic rings. The van der Waals surface area contributed by atoms with Crippen LogP contribution in [0.2, 0.25) is 5.28 Å². The van der Waals surface area contributed by atoms with Crippen molar-refractivity contribution in [2.75, 3.05) is 18.0 Å². The van der Waals surface area contributed by atoms with Gasteiger partial charge in [-0.15, -0.1) is 11.3 Å². The number of primary amides is 2. The molecule has 0 bridgehead atoms. The molecule has 0 aliphatic rings. The zero-order valence-corrected chi connectivity index (χ0v) is 11.2. The molecule has 0 aliphatic carbocycles. The van der Waals surface area contributed by atoms with Crippen LogP contribution in [0.3, 0.4) is 0 Å². The van der Waals surface area contributed by atoms with E-state index in [1.165, 1.54) is 16.2 Å². The Morgan fingerprint density at radius 2 is 1.89 bits per heavy atom. The highest BCUT2D eigenvalue weighted by Gasteiger charge is 2.18. The smallest absolute Gasteiger partial charge is 0.237 e. The van der Waals surface area contributed by atoms with Crippen molar-refractivity contribution in [1.29, 1.82) is 0 Å². The maximum atomic E-state index is 11.1. The Hall–Kier alpha value is -1.93. The van der Waals surface area contributed by atoms with Crippen LogP contribution in [0, 0.1) is 0 Å². The van der Waals surface area contributed by atoms with Gasteiger partial charge in [-0.1, -0.05) is 0 Å². The highest BCUT2D eigenvalue weighted by molar-refractivity contribution is 7.16. The van der Waals surface area contributed by atoms with E-state index in [4.69, 9.17) is 23.1 Å². The summed E-state index contributed by atoms with van der Waals surface area (Å²) in [6.07, 6.45) is 0. The average Bonchev–Trinajstić information content (AvgIpc) is 2.73. The van der Waals surface area contributed by atoms with E-state index in [1.54, 1.807) is 6.07 Å². The Morgan fingerprint density at radius 1 is 1.26 bits per heavy atom. The van der Waals surface area contributed by atoms with Crippen LogP contribution in [0.5, 0.6) is 0 Å². The summed E-state index contributed by atoms with van der Waals surface area (Å²) >= 11 is 7.20. The second-order valence-corrected chi connectivity index (χ2v) is 4.98. The van der Waals surface area contributed by atoms with Gasteiger partial charge in [0.1, 0.15) is 10.6 Å². The van der Waals surface area contributed by atoms with Gasteiger partial charge in [0.05, 0.1) is 18.5 Å². The molecule has 2 amide bonds. The number of nitrogens with two attached hydrogens (primary N) is 2. The first kappa shape index (κ1) is 13.5. The van der Waals surface area contributed by atoms with Crippen molar-refractivity contribution in [3.63, 3.8) is 0 Å². The maximum absolute atomic E-state index is 11.1. The number of amides is 2. The lowest BCUT2D eigenvalue weighted by Crippen LogP contribution is -2.40. The van der Waals surface area contributed by atoms with Crippen molar-refractivity contribution in [2.45, 2.75) is 0 Å². The highest BCUT2D eigenvalue weighted by Crippen LogP contribution is 2.28. The van der Waals surface area contributed by atoms with E-state index in [9.17, 15) is 9.59 Å². The summed E-state index contributed by atoms with van der Waals surface area (Å²) < 4.78 is 0. The van der Waals surface area contributed by atoms with Crippen molar-refractivity contribution in [3.05, 3.63) is 16.7 Å². The molecule has 100 valence electrons. The third-order valence-corrected chi connectivity index (χ3v) is 3.25. The number of halogens is 1. The maximum Gasteiger partial charge on any atom is 0.237 e. The molecule has 0 unspecified atom stereocenters. The molecule has 4 N–H and O–H groups in total. The van der Waals surface area contributed by atoms with Gasteiger partial charge in [-0.2, -0.15) is 4.98 Å². The quantitative estimate of drug-likeness (QED) is 0.761. The highest BCUT2D eigenvalue weighted by atomic mass is 35.5. The number of carbonyl (C=O) groups is 2. The first-order chi connectivity index (χ1) is 8.97. The minimum absolute atomic E-state index is 0.0314. The fraction of sp³-hybridized carbons (Fsp3) is 0.200. The number of hydrogen-bond donors (Lipinski definition) is 2. The minimum Gasteiger partial charge on any atom is -0.368 e. The van der Waals surface area contributed by atoms with E-state index in [0.29, 0.717) is 16.0 Å². The fourth-order valence-corrected chi connectivity index (χ4v) is 2.61. The largest absolute Gasteiger partial charge is 0.368 e. The normalized spacial score (nSPS) is 10.6. The van der Waals surface area contributed by atoms with E-state index in [1.807, 2.05) is 5.38 Å². The van der Waals surface area contributed by atoms with E-state index >= 15 is 0 Å². The van der Waals surface area contributed by atoms with Gasteiger partial charge in [-0.05, 0) is 23.0 Å². The van der Waals surface area contributed by atoms with Crippen molar-refractivity contribution in [3.8, 4) is 0 Å². The molecule has 0 atom stereocenters. The molecule has 0 saturated carbocycles. The Balaban J connectivity index is 2.50. The Labute approximate surface area is 117 Å². The number of nitrogens with zero attached hydrogens (tertiary/aromatic N) is 3. The number of carbonyl (C=O) groups excluding carboxylic acids is 2. The number of rotatable bonds is 5. The predicted octanol–water partition coefficient (Wildman–Crippen LogP) is 0.122. The lowest BCUT2D eigenvalue weighted by atomic mass is 10.3. The number of hydrogen-bond acceptors (Lipinski definition) is 6. The van der Waals surface area contributed by atoms with Crippen LogP contribution in [0.25, 0.3) is 10.2 Å². The summed E-state index contributed by atoms with van der Waals surface area (Å²) in [7, 11) is 0. The third kappa shape index (κ3) is 3.09. The first-order valence-corrected chi connectivity index (χ1v) is 6.45. The second kappa shape index (κ2) is 5.37. The molecule has 2 aromatic heterocycles. The molecule has 2 rings (SSSR count). The van der Waals surface area contributed by atoms with Crippen LogP contribution in [-0.4, -0.2) is 34.9 Å². The molecule has 0 fully saturated rings. The lowest BCUT2D eigenvalue weighted by molar-refractivity contribution is -0.117. The monoisotopic (exact) mass is 299 g/mol. The summed E-state index contributed by atoms with van der Waals surface area (Å²) in [5.74, 6) is -0.826. The number of aromatic nitrogens is 2. The van der Waals surface area contributed by atoms with Crippen LogP contribution in [-0.2, 0) is 9.59 Å². The van der Waals surface area contributed by atoms with E-state index in [-0.39, 0.29) is 18.4 Å². The molecule has 2 heterocycles. The van der Waals surface area contributed by atoms with Crippen LogP contribution in [0.4, 0.5) is 5.82 Å². The van der Waals surface area contributed by atoms with Crippen molar-refractivity contribution < 1.29 is 9.59 Å². The molecule has 19 heavy (non-hydrogen) atoms. The molecular weight excluding hydrogens is 290 g/mol. The lowest BCUT2D eigenvalue weighted by Gasteiger charge is -2.21. The second-order valence-electron chi connectivity index (χ2n) is 3.74.